The van der Waals surface area contributed by atoms with Crippen molar-refractivity contribution in [3.8, 4) is 0 Å². The van der Waals surface area contributed by atoms with Gasteiger partial charge in [0, 0.05) is 0 Å². The minimum atomic E-state index is -3.66. The summed E-state index contributed by atoms with van der Waals surface area (Å²) in [7, 11) is 0. The standard InChI is InChI=1S/C9H11O.C7H7O.Fe/c1-2-5-9(10)8-6-3-4-7-8;1-6(8)7-4-2-3-5-7;/h3-4,6-7H,2,5H2,1H3;2-5H,1H3;. The Morgan fingerprint density at radius 2 is 1.42 bits per heavy atom. The minimum absolute atomic E-state index is 0.276. The van der Waals surface area contributed by atoms with Crippen LogP contribution >= 0.6 is 0 Å². The summed E-state index contributed by atoms with van der Waals surface area (Å²) in [5.74, 6) is 1.28. The van der Waals surface area contributed by atoms with Crippen LogP contribution in [0, 0.1) is 0 Å². The van der Waals surface area contributed by atoms with Crippen molar-refractivity contribution >= 4 is 11.6 Å². The summed E-state index contributed by atoms with van der Waals surface area (Å²) >= 11 is 0. The van der Waals surface area contributed by atoms with Gasteiger partial charge in [-0.3, -0.25) is 0 Å². The van der Waals surface area contributed by atoms with Crippen LogP contribution in [0.2, 0.25) is 47.2 Å². The van der Waals surface area contributed by atoms with E-state index in [9.17, 15) is 9.59 Å². The van der Waals surface area contributed by atoms with Gasteiger partial charge in [0.1, 0.15) is 0 Å². The van der Waals surface area contributed by atoms with Crippen molar-refractivity contribution in [2.24, 2.45) is 0 Å². The molecule has 0 N–H and O–H groups in total. The summed E-state index contributed by atoms with van der Waals surface area (Å²) in [6.45, 7) is 0.413. The van der Waals surface area contributed by atoms with Crippen molar-refractivity contribution in [2.75, 3.05) is 0 Å². The number of fused-ring (bicyclic) bond motifs is 10. The monoisotopic (exact) mass is 298 g/mol. The van der Waals surface area contributed by atoms with Gasteiger partial charge in [0.2, 0.25) is 0 Å². The Bertz CT molecular complexity index is 1120. The molecular weight excluding hydrogens is 280 g/mol. The second kappa shape index (κ2) is 0.643. The van der Waals surface area contributed by atoms with Crippen LogP contribution < -0.4 is 0 Å². The van der Waals surface area contributed by atoms with Crippen LogP contribution in [0.3, 0.4) is 0 Å². The summed E-state index contributed by atoms with van der Waals surface area (Å²) in [6.07, 6.45) is 1.87. The molecule has 0 saturated carbocycles. The van der Waals surface area contributed by atoms with Crippen LogP contribution in [-0.4, -0.2) is 11.6 Å². The van der Waals surface area contributed by atoms with E-state index < -0.39 is 6.51 Å². The van der Waals surface area contributed by atoms with Crippen LogP contribution in [0.25, 0.3) is 0 Å². The zero-order valence-corrected chi connectivity index (χ0v) is 12.3. The molecule has 10 aliphatic heterocycles. The molecule has 0 amide bonds. The first-order chi connectivity index (χ1) is 8.86. The Hall–Kier alpha value is -0.141. The Balaban J connectivity index is 1.56. The van der Waals surface area contributed by atoms with Crippen molar-refractivity contribution < 1.29 is 16.1 Å². The molecule has 0 aromatic carbocycles. The average molecular weight is 298 g/mol. The second-order valence-corrected chi connectivity index (χ2v) is 34.7. The van der Waals surface area contributed by atoms with Crippen LogP contribution in [-0.2, 0) is 16.1 Å². The molecule has 0 radical (unpaired) electrons. The predicted molar refractivity (Wildman–Crippen MR) is 66.0 cm³/mol. The molecule has 10 saturated heterocycles. The normalized spacial score (nSPS) is 111. The number of hydrogen-bond donors (Lipinski definition) is 0. The SMILES string of the molecule is CCCC(=O)[C]12[CH]3[CH]4[CH]5[CH]1[Fe]45321678[CH]2[CH]1[CH]6[C]7(C(C)=O)[CH]28. The number of hydrogen-bond acceptors (Lipinski definition) is 2. The van der Waals surface area contributed by atoms with E-state index in [1.54, 1.807) is 0 Å². The number of ketones is 2. The molecule has 0 aromatic rings. The van der Waals surface area contributed by atoms with Gasteiger partial charge >= 0.3 is 102 Å². The van der Waals surface area contributed by atoms with E-state index >= 15 is 0 Å². The van der Waals surface area contributed by atoms with Crippen molar-refractivity contribution in [3.63, 3.8) is 0 Å². The van der Waals surface area contributed by atoms with Crippen molar-refractivity contribution in [2.45, 2.75) is 73.8 Å². The molecule has 102 valence electrons. The summed E-state index contributed by atoms with van der Waals surface area (Å²) in [5, 5.41) is 0. The van der Waals surface area contributed by atoms with Crippen LogP contribution in [0.15, 0.2) is 0 Å². The Labute approximate surface area is 102 Å². The Kier molecular flexibility index (Phi) is 0.262. The van der Waals surface area contributed by atoms with Crippen LogP contribution in [0.4, 0.5) is 0 Å². The van der Waals surface area contributed by atoms with Gasteiger partial charge in [0.05, 0.1) is 0 Å². The Morgan fingerprint density at radius 1 is 0.947 bits per heavy atom. The number of Topliss-reactive ketones (excluding diaryl/α,β-unsaturated/α-hetero) is 2. The summed E-state index contributed by atoms with van der Waals surface area (Å²) in [5.41, 5.74) is 0. The van der Waals surface area contributed by atoms with Gasteiger partial charge in [-0.15, -0.1) is 0 Å². The first-order valence-corrected chi connectivity index (χ1v) is 14.3. The molecule has 10 fully saturated rings. The van der Waals surface area contributed by atoms with Gasteiger partial charge in [0.15, 0.2) is 0 Å². The molecule has 8 unspecified atom stereocenters. The van der Waals surface area contributed by atoms with Crippen molar-refractivity contribution in [1.82, 2.24) is 0 Å². The first kappa shape index (κ1) is 7.75. The fourth-order valence-corrected chi connectivity index (χ4v) is 95.1. The van der Waals surface area contributed by atoms with Crippen molar-refractivity contribution in [3.05, 3.63) is 0 Å². The fourth-order valence-electron chi connectivity index (χ4n) is 18.7. The predicted octanol–water partition coefficient (Wildman–Crippen LogP) is 4.07. The van der Waals surface area contributed by atoms with Gasteiger partial charge < -0.3 is 0 Å². The third-order valence-corrected chi connectivity index (χ3v) is 59.1. The van der Waals surface area contributed by atoms with E-state index in [0.29, 0.717) is 11.6 Å². The topological polar surface area (TPSA) is 34.1 Å². The van der Waals surface area contributed by atoms with Gasteiger partial charge in [-0.25, -0.2) is 0 Å². The molecule has 3 heteroatoms. The molecule has 19 heavy (non-hydrogen) atoms. The molecule has 2 nitrogen and oxygen atoms in total. The van der Waals surface area contributed by atoms with E-state index in [1.807, 2.05) is 6.92 Å². The molecule has 10 heterocycles. The third kappa shape index (κ3) is 0.0774. The van der Waals surface area contributed by atoms with Gasteiger partial charge in [-0.2, -0.15) is 0 Å². The van der Waals surface area contributed by atoms with E-state index in [2.05, 4.69) is 6.92 Å². The summed E-state index contributed by atoms with van der Waals surface area (Å²) in [6, 6.07) is 0. The second-order valence-electron chi connectivity index (χ2n) is 11.5. The Morgan fingerprint density at radius 3 is 1.74 bits per heavy atom. The maximum atomic E-state index is 13.1. The number of carbonyl (C=O) groups excluding carboxylic acids is 2. The first-order valence-electron chi connectivity index (χ1n) is 8.11. The summed E-state index contributed by atoms with van der Waals surface area (Å²) in [4.78, 5) is 33.7. The van der Waals surface area contributed by atoms with Gasteiger partial charge in [-0.05, 0) is 0 Å². The maximum absolute atomic E-state index is 13.1. The molecule has 10 aliphatic rings. The number of rotatable bonds is 4. The van der Waals surface area contributed by atoms with E-state index in [-0.39, 0.29) is 8.63 Å². The van der Waals surface area contributed by atoms with E-state index in [1.165, 1.54) is 0 Å². The fraction of sp³-hybridized carbons (Fsp3) is 0.875. The quantitative estimate of drug-likeness (QED) is 0.733. The van der Waals surface area contributed by atoms with Crippen molar-refractivity contribution in [1.29, 1.82) is 0 Å². The molecule has 10 rings (SSSR count). The zero-order chi connectivity index (χ0) is 12.5. The molecule has 1 spiro atoms. The molecular formula is C16H18FeO2. The van der Waals surface area contributed by atoms with E-state index in [4.69, 9.17) is 0 Å². The molecule has 8 atom stereocenters. The molecule has 0 aliphatic carbocycles. The van der Waals surface area contributed by atoms with Gasteiger partial charge in [0.25, 0.3) is 0 Å². The van der Waals surface area contributed by atoms with Crippen LogP contribution in [0.1, 0.15) is 26.7 Å². The third-order valence-electron chi connectivity index (χ3n) is 16.3. The molecule has 0 bridgehead atoms. The molecule has 0 aromatic heterocycles. The number of carbonyl (C=O) groups is 2. The van der Waals surface area contributed by atoms with E-state index in [0.717, 1.165) is 51.4 Å². The average Bonchev–Trinajstić information content (AvgIpc) is 3.32. The zero-order valence-electron chi connectivity index (χ0n) is 11.2. The van der Waals surface area contributed by atoms with Crippen LogP contribution in [0.5, 0.6) is 0 Å². The summed E-state index contributed by atoms with van der Waals surface area (Å²) < 4.78 is 0.563. The van der Waals surface area contributed by atoms with Gasteiger partial charge in [-0.1, -0.05) is 0 Å².